The zero-order valence-corrected chi connectivity index (χ0v) is 8.44. The first kappa shape index (κ1) is 11.3. The summed E-state index contributed by atoms with van der Waals surface area (Å²) in [5.41, 5.74) is -1.26. The molecule has 1 aromatic heterocycles. The van der Waals surface area contributed by atoms with Crippen LogP contribution in [0.3, 0.4) is 0 Å². The van der Waals surface area contributed by atoms with Crippen molar-refractivity contribution in [1.82, 2.24) is 4.98 Å². The van der Waals surface area contributed by atoms with Gasteiger partial charge in [0, 0.05) is 6.07 Å². The molecule has 78 valence electrons. The Hall–Kier alpha value is -0.800. The van der Waals surface area contributed by atoms with Gasteiger partial charge in [-0.2, -0.15) is 0 Å². The van der Waals surface area contributed by atoms with Gasteiger partial charge in [-0.3, -0.25) is 4.79 Å². The highest BCUT2D eigenvalue weighted by Gasteiger charge is 2.33. The molecule has 0 amide bonds. The van der Waals surface area contributed by atoms with Crippen LogP contribution in [0.15, 0.2) is 10.9 Å². The maximum Gasteiger partial charge on any atom is 0.573 e. The summed E-state index contributed by atoms with van der Waals surface area (Å²) in [6.07, 6.45) is -5.08. The van der Waals surface area contributed by atoms with E-state index in [0.29, 0.717) is 0 Å². The molecule has 0 radical (unpaired) electrons. The fourth-order valence-electron chi connectivity index (χ4n) is 0.697. The average molecular weight is 323 g/mol. The SMILES string of the molecule is O=c1[nH]c(I)cc(F)c1OC(F)(F)F. The number of rotatable bonds is 1. The van der Waals surface area contributed by atoms with Crippen molar-refractivity contribution in [3.05, 3.63) is 25.9 Å². The van der Waals surface area contributed by atoms with Gasteiger partial charge >= 0.3 is 6.36 Å². The van der Waals surface area contributed by atoms with Crippen LogP contribution in [-0.4, -0.2) is 11.3 Å². The van der Waals surface area contributed by atoms with Crippen LogP contribution in [0.25, 0.3) is 0 Å². The molecular weight excluding hydrogens is 321 g/mol. The summed E-state index contributed by atoms with van der Waals surface area (Å²) < 4.78 is 51.0. The van der Waals surface area contributed by atoms with Crippen molar-refractivity contribution in [2.45, 2.75) is 6.36 Å². The van der Waals surface area contributed by atoms with Crippen LogP contribution in [0, 0.1) is 9.52 Å². The summed E-state index contributed by atoms with van der Waals surface area (Å²) in [5.74, 6) is -2.73. The second-order valence-corrected chi connectivity index (χ2v) is 3.33. The summed E-state index contributed by atoms with van der Waals surface area (Å²) in [6.45, 7) is 0. The Labute approximate surface area is 88.2 Å². The van der Waals surface area contributed by atoms with E-state index in [-0.39, 0.29) is 3.70 Å². The van der Waals surface area contributed by atoms with E-state index in [9.17, 15) is 22.4 Å². The minimum absolute atomic E-state index is 0.0830. The van der Waals surface area contributed by atoms with Crippen molar-refractivity contribution in [2.75, 3.05) is 0 Å². The van der Waals surface area contributed by atoms with E-state index in [0.717, 1.165) is 6.07 Å². The number of halogens is 5. The van der Waals surface area contributed by atoms with Crippen molar-refractivity contribution in [2.24, 2.45) is 0 Å². The van der Waals surface area contributed by atoms with Crippen LogP contribution in [0.1, 0.15) is 0 Å². The summed E-state index contributed by atoms with van der Waals surface area (Å²) >= 11 is 1.55. The number of alkyl halides is 3. The minimum atomic E-state index is -5.08. The molecule has 0 saturated heterocycles. The molecule has 0 aromatic carbocycles. The first-order valence-electron chi connectivity index (χ1n) is 3.13. The lowest BCUT2D eigenvalue weighted by Gasteiger charge is -2.08. The standard InChI is InChI=1S/C6H2F4INO2/c7-2-1-3(11)12-5(13)4(2)14-6(8,9)10/h1H,(H,12,13). The van der Waals surface area contributed by atoms with Crippen LogP contribution in [-0.2, 0) is 0 Å². The zero-order chi connectivity index (χ0) is 10.9. The lowest BCUT2D eigenvalue weighted by atomic mass is 10.4. The molecule has 0 bridgehead atoms. The normalized spacial score (nSPS) is 11.5. The van der Waals surface area contributed by atoms with Gasteiger partial charge in [0.25, 0.3) is 5.56 Å². The molecule has 1 rings (SSSR count). The van der Waals surface area contributed by atoms with Gasteiger partial charge in [0.1, 0.15) is 0 Å². The van der Waals surface area contributed by atoms with E-state index in [1.165, 1.54) is 0 Å². The lowest BCUT2D eigenvalue weighted by molar-refractivity contribution is -0.276. The van der Waals surface area contributed by atoms with E-state index in [4.69, 9.17) is 0 Å². The van der Waals surface area contributed by atoms with Crippen LogP contribution >= 0.6 is 22.6 Å². The molecule has 1 N–H and O–H groups in total. The number of nitrogens with one attached hydrogen (secondary N) is 1. The van der Waals surface area contributed by atoms with Crippen molar-refractivity contribution in [3.8, 4) is 5.75 Å². The Kier molecular flexibility index (Phi) is 3.02. The van der Waals surface area contributed by atoms with E-state index in [2.05, 4.69) is 4.74 Å². The van der Waals surface area contributed by atoms with Gasteiger partial charge in [0.15, 0.2) is 5.82 Å². The number of aromatic nitrogens is 1. The van der Waals surface area contributed by atoms with Crippen LogP contribution < -0.4 is 10.3 Å². The number of H-pyrrole nitrogens is 1. The van der Waals surface area contributed by atoms with Crippen LogP contribution in [0.4, 0.5) is 17.6 Å². The maximum atomic E-state index is 12.8. The van der Waals surface area contributed by atoms with Crippen molar-refractivity contribution in [1.29, 1.82) is 0 Å². The molecule has 0 fully saturated rings. The van der Waals surface area contributed by atoms with Gasteiger partial charge in [0.2, 0.25) is 5.75 Å². The third kappa shape index (κ3) is 2.86. The summed E-state index contributed by atoms with van der Waals surface area (Å²) in [5, 5.41) is 0. The Morgan fingerprint density at radius 3 is 2.43 bits per heavy atom. The zero-order valence-electron chi connectivity index (χ0n) is 6.28. The largest absolute Gasteiger partial charge is 0.573 e. The smallest absolute Gasteiger partial charge is 0.397 e. The highest BCUT2D eigenvalue weighted by atomic mass is 127. The van der Waals surface area contributed by atoms with Crippen molar-refractivity contribution >= 4 is 22.6 Å². The second-order valence-electron chi connectivity index (χ2n) is 2.17. The quantitative estimate of drug-likeness (QED) is 0.488. The summed E-state index contributed by atoms with van der Waals surface area (Å²) in [4.78, 5) is 12.8. The summed E-state index contributed by atoms with van der Waals surface area (Å²) in [7, 11) is 0. The Morgan fingerprint density at radius 2 is 2.00 bits per heavy atom. The first-order chi connectivity index (χ1) is 6.29. The van der Waals surface area contributed by atoms with Gasteiger partial charge in [-0.15, -0.1) is 13.2 Å². The van der Waals surface area contributed by atoms with Crippen LogP contribution in [0.2, 0.25) is 0 Å². The Bertz CT molecular complexity index is 400. The number of ether oxygens (including phenoxy) is 1. The molecule has 0 atom stereocenters. The monoisotopic (exact) mass is 323 g/mol. The predicted molar refractivity (Wildman–Crippen MR) is 46.4 cm³/mol. The molecular formula is C6H2F4INO2. The Morgan fingerprint density at radius 1 is 1.43 bits per heavy atom. The summed E-state index contributed by atoms with van der Waals surface area (Å²) in [6, 6.07) is 0.725. The predicted octanol–water partition coefficient (Wildman–Crippen LogP) is 2.02. The minimum Gasteiger partial charge on any atom is -0.397 e. The highest BCUT2D eigenvalue weighted by molar-refractivity contribution is 14.1. The second kappa shape index (κ2) is 3.75. The average Bonchev–Trinajstić information content (AvgIpc) is 1.95. The first-order valence-corrected chi connectivity index (χ1v) is 4.21. The molecule has 0 spiro atoms. The molecule has 0 aliphatic rings. The topological polar surface area (TPSA) is 42.1 Å². The van der Waals surface area contributed by atoms with E-state index >= 15 is 0 Å². The molecule has 0 aliphatic heterocycles. The van der Waals surface area contributed by atoms with Gasteiger partial charge < -0.3 is 9.72 Å². The van der Waals surface area contributed by atoms with Gasteiger partial charge in [-0.25, -0.2) is 4.39 Å². The van der Waals surface area contributed by atoms with Crippen LogP contribution in [0.5, 0.6) is 5.75 Å². The fourth-order valence-corrected chi connectivity index (χ4v) is 1.22. The third-order valence-electron chi connectivity index (χ3n) is 1.13. The van der Waals surface area contributed by atoms with E-state index in [1.54, 1.807) is 22.6 Å². The molecule has 3 nitrogen and oxygen atoms in total. The number of aromatic amines is 1. The molecule has 0 unspecified atom stereocenters. The van der Waals surface area contributed by atoms with Gasteiger partial charge in [-0.1, -0.05) is 0 Å². The molecule has 0 aliphatic carbocycles. The molecule has 8 heteroatoms. The van der Waals surface area contributed by atoms with Gasteiger partial charge in [0.05, 0.1) is 3.70 Å². The molecule has 0 saturated carbocycles. The highest BCUT2D eigenvalue weighted by Crippen LogP contribution is 2.22. The van der Waals surface area contributed by atoms with E-state index in [1.807, 2.05) is 4.98 Å². The van der Waals surface area contributed by atoms with Crippen molar-refractivity contribution < 1.29 is 22.3 Å². The molecule has 1 heterocycles. The molecule has 1 aromatic rings. The fraction of sp³-hybridized carbons (Fsp3) is 0.167. The Balaban J connectivity index is 3.16. The number of hydrogen-bond donors (Lipinski definition) is 1. The lowest BCUT2D eigenvalue weighted by Crippen LogP contribution is -2.24. The number of pyridine rings is 1. The number of hydrogen-bond acceptors (Lipinski definition) is 2. The van der Waals surface area contributed by atoms with Crippen molar-refractivity contribution in [3.63, 3.8) is 0 Å². The maximum absolute atomic E-state index is 12.8. The van der Waals surface area contributed by atoms with E-state index < -0.39 is 23.5 Å². The third-order valence-corrected chi connectivity index (χ3v) is 1.71. The van der Waals surface area contributed by atoms with Gasteiger partial charge in [-0.05, 0) is 22.6 Å². The molecule has 14 heavy (non-hydrogen) atoms.